The molecule has 0 radical (unpaired) electrons. The summed E-state index contributed by atoms with van der Waals surface area (Å²) in [4.78, 5) is 6.48. The van der Waals surface area contributed by atoms with E-state index in [1.165, 1.54) is 0 Å². The fourth-order valence-corrected chi connectivity index (χ4v) is 3.04. The molecule has 1 atom stereocenters. The first kappa shape index (κ1) is 14.1. The van der Waals surface area contributed by atoms with Crippen LogP contribution in [0.3, 0.4) is 0 Å². The number of ether oxygens (including phenoxy) is 1. The van der Waals surface area contributed by atoms with Crippen molar-refractivity contribution in [2.45, 2.75) is 6.10 Å². The molecule has 0 aliphatic carbocycles. The summed E-state index contributed by atoms with van der Waals surface area (Å²) < 4.78 is 6.93. The molecule has 2 heterocycles. The van der Waals surface area contributed by atoms with Crippen molar-refractivity contribution in [3.63, 3.8) is 0 Å². The Hall–Kier alpha value is -1.90. The van der Waals surface area contributed by atoms with Crippen LogP contribution in [0.4, 0.5) is 5.82 Å². The molecule has 5 heteroatoms. The second kappa shape index (κ2) is 6.25. The van der Waals surface area contributed by atoms with E-state index in [9.17, 15) is 5.26 Å². The first-order valence-electron chi connectivity index (χ1n) is 6.75. The van der Waals surface area contributed by atoms with Crippen molar-refractivity contribution in [1.29, 1.82) is 5.26 Å². The molecular weight excluding hydrogens is 330 g/mol. The molecule has 0 bridgehead atoms. The van der Waals surface area contributed by atoms with Crippen LogP contribution in [0.5, 0.6) is 0 Å². The van der Waals surface area contributed by atoms with Gasteiger partial charge in [-0.2, -0.15) is 5.26 Å². The van der Waals surface area contributed by atoms with Crippen LogP contribution >= 0.6 is 15.9 Å². The van der Waals surface area contributed by atoms with Crippen LogP contribution in [0, 0.1) is 11.3 Å². The molecule has 4 nitrogen and oxygen atoms in total. The molecule has 1 aromatic heterocycles. The third-order valence-electron chi connectivity index (χ3n) is 3.53. The Morgan fingerprint density at radius 1 is 1.29 bits per heavy atom. The predicted octanol–water partition coefficient (Wildman–Crippen LogP) is 3.29. The fraction of sp³-hybridized carbons (Fsp3) is 0.250. The van der Waals surface area contributed by atoms with E-state index in [0.717, 1.165) is 22.4 Å². The molecule has 0 saturated carbocycles. The summed E-state index contributed by atoms with van der Waals surface area (Å²) >= 11 is 3.57. The smallest absolute Gasteiger partial charge is 0.146 e. The summed E-state index contributed by atoms with van der Waals surface area (Å²) in [5.74, 6) is 0.736. The molecule has 0 spiro atoms. The molecular formula is C16H14BrN3O. The number of aromatic nitrogens is 1. The number of rotatable bonds is 2. The Balaban J connectivity index is 1.87. The van der Waals surface area contributed by atoms with Crippen LogP contribution in [0.2, 0.25) is 0 Å². The predicted molar refractivity (Wildman–Crippen MR) is 84.0 cm³/mol. The van der Waals surface area contributed by atoms with Crippen molar-refractivity contribution in [3.05, 3.63) is 58.2 Å². The second-order valence-corrected chi connectivity index (χ2v) is 5.67. The molecule has 1 fully saturated rings. The summed E-state index contributed by atoms with van der Waals surface area (Å²) in [5, 5.41) is 9.22. The molecule has 0 unspecified atom stereocenters. The third kappa shape index (κ3) is 2.92. The lowest BCUT2D eigenvalue weighted by atomic mass is 10.1. The van der Waals surface area contributed by atoms with Crippen LogP contribution in [-0.2, 0) is 4.74 Å². The van der Waals surface area contributed by atoms with Gasteiger partial charge in [0.05, 0.1) is 12.2 Å². The topological polar surface area (TPSA) is 49.2 Å². The summed E-state index contributed by atoms with van der Waals surface area (Å²) in [6, 6.07) is 13.8. The van der Waals surface area contributed by atoms with Gasteiger partial charge in [0.25, 0.3) is 0 Å². The van der Waals surface area contributed by atoms with Gasteiger partial charge in [0.2, 0.25) is 0 Å². The maximum atomic E-state index is 9.22. The van der Waals surface area contributed by atoms with E-state index < -0.39 is 0 Å². The van der Waals surface area contributed by atoms with Crippen molar-refractivity contribution in [1.82, 2.24) is 4.98 Å². The van der Waals surface area contributed by atoms with Crippen molar-refractivity contribution in [2.24, 2.45) is 0 Å². The molecule has 106 valence electrons. The molecule has 1 aliphatic rings. The van der Waals surface area contributed by atoms with E-state index in [0.29, 0.717) is 18.7 Å². The minimum absolute atomic E-state index is 0.0251. The summed E-state index contributed by atoms with van der Waals surface area (Å²) in [6.07, 6.45) is 1.70. The molecule has 1 aliphatic heterocycles. The normalized spacial score (nSPS) is 18.3. The monoisotopic (exact) mass is 343 g/mol. The van der Waals surface area contributed by atoms with Gasteiger partial charge < -0.3 is 9.64 Å². The molecule has 0 amide bonds. The number of anilines is 1. The standard InChI is InChI=1S/C16H14BrN3O/c17-14-6-2-1-5-13(14)15-11-20(8-9-21-15)16-12(10-18)4-3-7-19-16/h1-7,15H,8-9,11H2/t15-/m1/s1. The van der Waals surface area contributed by atoms with Crippen LogP contribution in [0.15, 0.2) is 47.1 Å². The number of nitrogens with zero attached hydrogens (tertiary/aromatic N) is 3. The van der Waals surface area contributed by atoms with E-state index >= 15 is 0 Å². The Morgan fingerprint density at radius 3 is 2.95 bits per heavy atom. The van der Waals surface area contributed by atoms with Crippen molar-refractivity contribution in [3.8, 4) is 6.07 Å². The van der Waals surface area contributed by atoms with Gasteiger partial charge in [-0.1, -0.05) is 34.1 Å². The summed E-state index contributed by atoms with van der Waals surface area (Å²) in [6.45, 7) is 2.05. The molecule has 21 heavy (non-hydrogen) atoms. The van der Waals surface area contributed by atoms with Gasteiger partial charge in [0, 0.05) is 23.8 Å². The van der Waals surface area contributed by atoms with Gasteiger partial charge >= 0.3 is 0 Å². The molecule has 1 saturated heterocycles. The highest BCUT2D eigenvalue weighted by Gasteiger charge is 2.25. The average molecular weight is 344 g/mol. The van der Waals surface area contributed by atoms with E-state index in [4.69, 9.17) is 4.74 Å². The lowest BCUT2D eigenvalue weighted by Gasteiger charge is -2.34. The Kier molecular flexibility index (Phi) is 4.18. The number of nitriles is 1. The van der Waals surface area contributed by atoms with Gasteiger partial charge in [-0.05, 0) is 23.8 Å². The Labute approximate surface area is 132 Å². The summed E-state index contributed by atoms with van der Waals surface area (Å²) in [5.41, 5.74) is 1.72. The maximum Gasteiger partial charge on any atom is 0.146 e. The lowest BCUT2D eigenvalue weighted by molar-refractivity contribution is 0.0390. The van der Waals surface area contributed by atoms with Crippen LogP contribution in [0.1, 0.15) is 17.2 Å². The van der Waals surface area contributed by atoms with Gasteiger partial charge in [0.15, 0.2) is 0 Å². The van der Waals surface area contributed by atoms with Crippen molar-refractivity contribution < 1.29 is 4.74 Å². The minimum Gasteiger partial charge on any atom is -0.370 e. The largest absolute Gasteiger partial charge is 0.370 e. The number of hydrogen-bond donors (Lipinski definition) is 0. The number of pyridine rings is 1. The first-order chi connectivity index (χ1) is 10.3. The first-order valence-corrected chi connectivity index (χ1v) is 7.55. The average Bonchev–Trinajstić information content (AvgIpc) is 2.55. The van der Waals surface area contributed by atoms with Crippen LogP contribution in [0.25, 0.3) is 0 Å². The molecule has 2 aromatic rings. The van der Waals surface area contributed by atoms with Gasteiger partial charge in [-0.3, -0.25) is 0 Å². The lowest BCUT2D eigenvalue weighted by Crippen LogP contribution is -2.39. The van der Waals surface area contributed by atoms with Gasteiger partial charge in [-0.15, -0.1) is 0 Å². The van der Waals surface area contributed by atoms with Crippen LogP contribution < -0.4 is 4.90 Å². The Morgan fingerprint density at radius 2 is 2.14 bits per heavy atom. The maximum absolute atomic E-state index is 9.22. The molecule has 1 aromatic carbocycles. The SMILES string of the molecule is N#Cc1cccnc1N1CCO[C@@H](c2ccccc2Br)C1. The van der Waals surface area contributed by atoms with Crippen molar-refractivity contribution >= 4 is 21.7 Å². The number of hydrogen-bond acceptors (Lipinski definition) is 4. The van der Waals surface area contributed by atoms with Crippen LogP contribution in [-0.4, -0.2) is 24.7 Å². The Bertz CT molecular complexity index is 683. The highest BCUT2D eigenvalue weighted by molar-refractivity contribution is 9.10. The van der Waals surface area contributed by atoms with E-state index in [-0.39, 0.29) is 6.10 Å². The van der Waals surface area contributed by atoms with E-state index in [1.54, 1.807) is 18.3 Å². The quantitative estimate of drug-likeness (QED) is 0.839. The number of halogens is 1. The minimum atomic E-state index is -0.0251. The number of benzene rings is 1. The second-order valence-electron chi connectivity index (χ2n) is 4.81. The fourth-order valence-electron chi connectivity index (χ4n) is 2.50. The summed E-state index contributed by atoms with van der Waals surface area (Å²) in [7, 11) is 0. The van der Waals surface area contributed by atoms with Gasteiger partial charge in [-0.25, -0.2) is 4.98 Å². The third-order valence-corrected chi connectivity index (χ3v) is 4.25. The highest BCUT2D eigenvalue weighted by Crippen LogP contribution is 2.30. The zero-order valence-electron chi connectivity index (χ0n) is 11.4. The van der Waals surface area contributed by atoms with Crippen molar-refractivity contribution in [2.75, 3.05) is 24.6 Å². The number of morpholine rings is 1. The van der Waals surface area contributed by atoms with E-state index in [2.05, 4.69) is 37.9 Å². The van der Waals surface area contributed by atoms with E-state index in [1.807, 2.05) is 18.2 Å². The highest BCUT2D eigenvalue weighted by atomic mass is 79.9. The zero-order valence-corrected chi connectivity index (χ0v) is 13.0. The molecule has 3 rings (SSSR count). The molecule has 0 N–H and O–H groups in total. The van der Waals surface area contributed by atoms with Gasteiger partial charge in [0.1, 0.15) is 18.0 Å². The zero-order chi connectivity index (χ0) is 14.7.